The number of carboxylic acid groups (broad SMARTS) is 1. The number of rotatable bonds is 4. The zero-order valence-corrected chi connectivity index (χ0v) is 14.6. The van der Waals surface area contributed by atoms with Crippen molar-refractivity contribution in [1.29, 1.82) is 0 Å². The van der Waals surface area contributed by atoms with Crippen molar-refractivity contribution in [3.8, 4) is 11.3 Å². The Kier molecular flexibility index (Phi) is 4.18. The third-order valence-electron chi connectivity index (χ3n) is 4.05. The molecular weight excluding hydrogens is 368 g/mol. The lowest BCUT2D eigenvalue weighted by Crippen LogP contribution is -2.10. The lowest BCUT2D eigenvalue weighted by atomic mass is 10.2. The van der Waals surface area contributed by atoms with E-state index in [0.717, 1.165) is 5.56 Å². The molecule has 0 atom stereocenters. The first-order chi connectivity index (χ1) is 13.0. The number of benzene rings is 2. The van der Waals surface area contributed by atoms with Gasteiger partial charge in [-0.25, -0.2) is 4.79 Å². The first-order valence-electron chi connectivity index (χ1n) is 8.03. The summed E-state index contributed by atoms with van der Waals surface area (Å²) in [7, 11) is 0. The largest absolute Gasteiger partial charge is 0.477 e. The van der Waals surface area contributed by atoms with Gasteiger partial charge >= 0.3 is 5.97 Å². The molecule has 0 radical (unpaired) electrons. The molecule has 134 valence electrons. The fourth-order valence-corrected chi connectivity index (χ4v) is 2.97. The topological polar surface area (TPSA) is 95.3 Å². The van der Waals surface area contributed by atoms with Crippen LogP contribution in [0.3, 0.4) is 0 Å². The fourth-order valence-electron chi connectivity index (χ4n) is 2.78. The molecule has 0 saturated heterocycles. The Bertz CT molecular complexity index is 1180. The highest BCUT2D eigenvalue weighted by Crippen LogP contribution is 2.26. The second-order valence-electron chi connectivity index (χ2n) is 5.92. The van der Waals surface area contributed by atoms with Gasteiger partial charge in [0.1, 0.15) is 11.5 Å². The molecule has 0 aliphatic heterocycles. The molecular formula is C20H13ClN2O4. The minimum atomic E-state index is -1.04. The van der Waals surface area contributed by atoms with Crippen LogP contribution in [-0.4, -0.2) is 22.0 Å². The number of aromatic amines is 1. The van der Waals surface area contributed by atoms with E-state index in [-0.39, 0.29) is 11.5 Å². The number of fused-ring (bicyclic) bond motifs is 1. The Morgan fingerprint density at radius 3 is 2.67 bits per heavy atom. The molecule has 0 aliphatic carbocycles. The van der Waals surface area contributed by atoms with E-state index in [0.29, 0.717) is 27.4 Å². The summed E-state index contributed by atoms with van der Waals surface area (Å²) in [5, 5.41) is 13.0. The standard InChI is InChI=1S/C20H13ClN2O4/c21-13-3-1-2-11(8-13)17-6-7-18(27-17)19(24)22-14-4-5-15-12(9-14)10-16(23-15)20(25)26/h1-10,23H,(H,22,24)(H,25,26). The van der Waals surface area contributed by atoms with Gasteiger partial charge in [0.25, 0.3) is 5.91 Å². The molecule has 27 heavy (non-hydrogen) atoms. The van der Waals surface area contributed by atoms with Gasteiger partial charge in [-0.3, -0.25) is 4.79 Å². The highest BCUT2D eigenvalue weighted by atomic mass is 35.5. The number of hydrogen-bond donors (Lipinski definition) is 3. The maximum absolute atomic E-state index is 12.4. The zero-order valence-electron chi connectivity index (χ0n) is 13.8. The zero-order chi connectivity index (χ0) is 19.0. The third-order valence-corrected chi connectivity index (χ3v) is 4.28. The Morgan fingerprint density at radius 2 is 1.89 bits per heavy atom. The number of carbonyl (C=O) groups is 2. The maximum Gasteiger partial charge on any atom is 0.352 e. The molecule has 0 fully saturated rings. The molecule has 4 rings (SSSR count). The lowest BCUT2D eigenvalue weighted by molar-refractivity contribution is 0.0691. The molecule has 3 N–H and O–H groups in total. The Labute approximate surface area is 158 Å². The van der Waals surface area contributed by atoms with Gasteiger partial charge < -0.3 is 19.8 Å². The van der Waals surface area contributed by atoms with Crippen molar-refractivity contribution in [1.82, 2.24) is 4.98 Å². The van der Waals surface area contributed by atoms with Gasteiger partial charge in [0.05, 0.1) is 0 Å². The molecule has 0 spiro atoms. The van der Waals surface area contributed by atoms with Crippen molar-refractivity contribution in [2.75, 3.05) is 5.32 Å². The molecule has 0 aliphatic rings. The molecule has 6 nitrogen and oxygen atoms in total. The number of furan rings is 1. The summed E-state index contributed by atoms with van der Waals surface area (Å²) < 4.78 is 5.63. The van der Waals surface area contributed by atoms with E-state index < -0.39 is 11.9 Å². The number of halogens is 1. The second kappa shape index (κ2) is 6.66. The van der Waals surface area contributed by atoms with Gasteiger partial charge in [-0.15, -0.1) is 0 Å². The van der Waals surface area contributed by atoms with E-state index in [1.807, 2.05) is 6.07 Å². The van der Waals surface area contributed by atoms with Crippen LogP contribution in [0.2, 0.25) is 5.02 Å². The van der Waals surface area contributed by atoms with Crippen molar-refractivity contribution in [3.63, 3.8) is 0 Å². The van der Waals surface area contributed by atoms with Crippen molar-refractivity contribution in [2.24, 2.45) is 0 Å². The predicted octanol–water partition coefficient (Wildman–Crippen LogP) is 5.03. The summed E-state index contributed by atoms with van der Waals surface area (Å²) in [5.41, 5.74) is 2.07. The number of nitrogens with one attached hydrogen (secondary N) is 2. The average Bonchev–Trinajstić information content (AvgIpc) is 3.28. The van der Waals surface area contributed by atoms with Crippen LogP contribution in [0.25, 0.3) is 22.2 Å². The van der Waals surface area contributed by atoms with E-state index in [1.165, 1.54) is 6.07 Å². The third kappa shape index (κ3) is 3.43. The second-order valence-corrected chi connectivity index (χ2v) is 6.35. The summed E-state index contributed by atoms with van der Waals surface area (Å²) in [6, 6.07) is 17.0. The molecule has 2 aromatic carbocycles. The SMILES string of the molecule is O=C(O)c1cc2cc(NC(=O)c3ccc(-c4cccc(Cl)c4)o3)ccc2[nH]1. The number of aromatic carboxylic acids is 1. The van der Waals surface area contributed by atoms with Gasteiger partial charge in [0, 0.05) is 27.2 Å². The highest BCUT2D eigenvalue weighted by Gasteiger charge is 2.14. The van der Waals surface area contributed by atoms with Crippen molar-refractivity contribution in [3.05, 3.63) is 77.1 Å². The minimum absolute atomic E-state index is 0.0886. The van der Waals surface area contributed by atoms with E-state index in [2.05, 4.69) is 10.3 Å². The number of carbonyl (C=O) groups excluding carboxylic acids is 1. The molecule has 0 unspecified atom stereocenters. The van der Waals surface area contributed by atoms with Gasteiger partial charge in [0.2, 0.25) is 0 Å². The minimum Gasteiger partial charge on any atom is -0.477 e. The molecule has 0 bridgehead atoms. The van der Waals surface area contributed by atoms with Crippen molar-refractivity contribution in [2.45, 2.75) is 0 Å². The summed E-state index contributed by atoms with van der Waals surface area (Å²) in [4.78, 5) is 26.3. The van der Waals surface area contributed by atoms with Crippen LogP contribution in [0.4, 0.5) is 5.69 Å². The summed E-state index contributed by atoms with van der Waals surface area (Å²) >= 11 is 5.98. The fraction of sp³-hybridized carbons (Fsp3) is 0. The first kappa shape index (κ1) is 16.9. The Morgan fingerprint density at radius 1 is 1.04 bits per heavy atom. The molecule has 7 heteroatoms. The number of aromatic nitrogens is 1. The van der Waals surface area contributed by atoms with Crippen LogP contribution in [0.15, 0.2) is 65.1 Å². The van der Waals surface area contributed by atoms with Gasteiger partial charge in [-0.2, -0.15) is 0 Å². The van der Waals surface area contributed by atoms with Crippen LogP contribution >= 0.6 is 11.6 Å². The van der Waals surface area contributed by atoms with Crippen molar-refractivity contribution < 1.29 is 19.1 Å². The van der Waals surface area contributed by atoms with Crippen LogP contribution in [-0.2, 0) is 0 Å². The van der Waals surface area contributed by atoms with E-state index in [9.17, 15) is 9.59 Å². The number of carboxylic acids is 1. The summed E-state index contributed by atoms with van der Waals surface area (Å²) in [5.74, 6) is -0.752. The summed E-state index contributed by atoms with van der Waals surface area (Å²) in [6.07, 6.45) is 0. The van der Waals surface area contributed by atoms with Crippen LogP contribution < -0.4 is 5.32 Å². The Hall–Kier alpha value is -3.51. The lowest BCUT2D eigenvalue weighted by Gasteiger charge is -2.03. The number of H-pyrrole nitrogens is 1. The highest BCUT2D eigenvalue weighted by molar-refractivity contribution is 6.30. The smallest absolute Gasteiger partial charge is 0.352 e. The van der Waals surface area contributed by atoms with Crippen molar-refractivity contribution >= 4 is 40.1 Å². The molecule has 4 aromatic rings. The van der Waals surface area contributed by atoms with E-state index >= 15 is 0 Å². The van der Waals surface area contributed by atoms with Gasteiger partial charge in [-0.05, 0) is 48.5 Å². The maximum atomic E-state index is 12.4. The molecule has 0 saturated carbocycles. The Balaban J connectivity index is 1.55. The summed E-state index contributed by atoms with van der Waals surface area (Å²) in [6.45, 7) is 0. The monoisotopic (exact) mass is 380 g/mol. The normalized spacial score (nSPS) is 10.9. The average molecular weight is 381 g/mol. The van der Waals surface area contributed by atoms with Crippen LogP contribution in [0, 0.1) is 0 Å². The van der Waals surface area contributed by atoms with Gasteiger partial charge in [0.15, 0.2) is 5.76 Å². The number of anilines is 1. The van der Waals surface area contributed by atoms with Crippen LogP contribution in [0.5, 0.6) is 0 Å². The van der Waals surface area contributed by atoms with Gasteiger partial charge in [-0.1, -0.05) is 23.7 Å². The first-order valence-corrected chi connectivity index (χ1v) is 8.40. The predicted molar refractivity (Wildman–Crippen MR) is 102 cm³/mol. The molecule has 1 amide bonds. The number of hydrogen-bond acceptors (Lipinski definition) is 3. The molecule has 2 heterocycles. The van der Waals surface area contributed by atoms with E-state index in [4.69, 9.17) is 21.1 Å². The number of amides is 1. The quantitative estimate of drug-likeness (QED) is 0.462. The molecule has 2 aromatic heterocycles. The van der Waals surface area contributed by atoms with Crippen LogP contribution in [0.1, 0.15) is 21.0 Å². The van der Waals surface area contributed by atoms with E-state index in [1.54, 1.807) is 48.5 Å².